The van der Waals surface area contributed by atoms with Crippen LogP contribution in [-0.2, 0) is 44.2 Å². The van der Waals surface area contributed by atoms with Crippen molar-refractivity contribution < 1.29 is 44.2 Å². The molecular formula is C30H50N3O9. The molecule has 3 rings (SSSR count). The van der Waals surface area contributed by atoms with Crippen LogP contribution in [0.1, 0.15) is 114 Å². The van der Waals surface area contributed by atoms with Gasteiger partial charge >= 0.3 is 17.9 Å². The van der Waals surface area contributed by atoms with E-state index >= 15 is 0 Å². The van der Waals surface area contributed by atoms with Gasteiger partial charge in [-0.2, -0.15) is 0 Å². The standard InChI is InChI=1S/C30H50N3O9/c1-26(2)14-19(11-12-31(26)37)40-23(34)13-22(24(35)41-20-15-27(3,4)32(38)28(5,6)16-20)25(36)42-21-17-29(7,8)33(39)30(9,10)18-21/h19-22H,11-18H2,1-10H3. The van der Waals surface area contributed by atoms with Crippen molar-refractivity contribution in [2.75, 3.05) is 6.54 Å². The summed E-state index contributed by atoms with van der Waals surface area (Å²) in [5.41, 5.74) is -3.96. The Balaban J connectivity index is 1.78. The zero-order valence-electron chi connectivity index (χ0n) is 27.0. The Hall–Kier alpha value is -1.83. The second kappa shape index (κ2) is 11.9. The molecule has 0 N–H and O–H groups in total. The summed E-state index contributed by atoms with van der Waals surface area (Å²) >= 11 is 0. The number of nitrogens with zero attached hydrogens (tertiary/aromatic N) is 3. The Morgan fingerprint density at radius 3 is 1.31 bits per heavy atom. The molecule has 3 saturated heterocycles. The summed E-state index contributed by atoms with van der Waals surface area (Å²) in [6.07, 6.45) is -0.740. The average molecular weight is 597 g/mol. The number of ether oxygens (including phenoxy) is 3. The third-order valence-corrected chi connectivity index (χ3v) is 8.97. The first-order valence-corrected chi connectivity index (χ1v) is 15.0. The van der Waals surface area contributed by atoms with Crippen LogP contribution in [0.4, 0.5) is 0 Å². The molecule has 0 aromatic carbocycles. The van der Waals surface area contributed by atoms with Crippen LogP contribution >= 0.6 is 0 Å². The van der Waals surface area contributed by atoms with Crippen LogP contribution in [-0.4, -0.2) is 85.6 Å². The third-order valence-electron chi connectivity index (χ3n) is 8.97. The highest BCUT2D eigenvalue weighted by atomic mass is 16.6. The number of rotatable bonds is 7. The van der Waals surface area contributed by atoms with Crippen molar-refractivity contribution in [3.63, 3.8) is 0 Å². The van der Waals surface area contributed by atoms with Crippen LogP contribution in [0.3, 0.4) is 0 Å². The summed E-state index contributed by atoms with van der Waals surface area (Å²) in [4.78, 5) is 40.2. The van der Waals surface area contributed by atoms with Crippen molar-refractivity contribution in [2.45, 2.75) is 160 Å². The minimum atomic E-state index is -1.59. The molecule has 0 bridgehead atoms. The number of hydroxylamine groups is 6. The zero-order chi connectivity index (χ0) is 32.1. The first-order chi connectivity index (χ1) is 19.0. The SMILES string of the molecule is CC1(C)CC(OC(=O)CC(C(=O)OC2CC(C)(C)N([O])C(C)(C)C2)C(=O)OC2CC(C)(C)N([O])C(C)(C)C2)CCN1[O]. The van der Waals surface area contributed by atoms with Gasteiger partial charge in [-0.25, -0.2) is 0 Å². The Morgan fingerprint density at radius 2 is 0.952 bits per heavy atom. The Kier molecular flexibility index (Phi) is 9.84. The van der Waals surface area contributed by atoms with E-state index in [0.717, 1.165) is 15.2 Å². The number of piperidine rings is 3. The van der Waals surface area contributed by atoms with Crippen LogP contribution < -0.4 is 0 Å². The maximum atomic E-state index is 13.5. The molecule has 0 aliphatic carbocycles. The van der Waals surface area contributed by atoms with E-state index in [9.17, 15) is 30.0 Å². The van der Waals surface area contributed by atoms with Crippen LogP contribution in [0.2, 0.25) is 0 Å². The number of hydrogen-bond donors (Lipinski definition) is 0. The molecule has 3 fully saturated rings. The highest BCUT2D eigenvalue weighted by molar-refractivity contribution is 5.98. The first-order valence-electron chi connectivity index (χ1n) is 15.0. The van der Waals surface area contributed by atoms with Crippen molar-refractivity contribution in [2.24, 2.45) is 5.92 Å². The molecular weight excluding hydrogens is 546 g/mol. The first kappa shape index (κ1) is 34.7. The molecule has 0 aromatic heterocycles. The fourth-order valence-electron chi connectivity index (χ4n) is 7.09. The maximum Gasteiger partial charge on any atom is 0.321 e. The molecule has 12 heteroatoms. The van der Waals surface area contributed by atoms with Crippen molar-refractivity contribution >= 4 is 17.9 Å². The highest BCUT2D eigenvalue weighted by Crippen LogP contribution is 2.40. The Labute approximate surface area is 250 Å². The molecule has 3 aliphatic rings. The van der Waals surface area contributed by atoms with Gasteiger partial charge < -0.3 is 14.2 Å². The summed E-state index contributed by atoms with van der Waals surface area (Å²) in [6, 6.07) is 0. The lowest BCUT2D eigenvalue weighted by Crippen LogP contribution is -2.60. The molecule has 42 heavy (non-hydrogen) atoms. The number of carbonyl (C=O) groups excluding carboxylic acids is 3. The lowest BCUT2D eigenvalue weighted by molar-refractivity contribution is -0.300. The monoisotopic (exact) mass is 596 g/mol. The van der Waals surface area contributed by atoms with Crippen LogP contribution in [0.25, 0.3) is 0 Å². The van der Waals surface area contributed by atoms with Gasteiger partial charge in [-0.15, -0.1) is 30.8 Å². The highest BCUT2D eigenvalue weighted by Gasteiger charge is 2.50. The molecule has 1 unspecified atom stereocenters. The smallest absolute Gasteiger partial charge is 0.321 e. The van der Waals surface area contributed by atoms with E-state index in [-0.39, 0.29) is 32.2 Å². The minimum absolute atomic E-state index is 0.201. The summed E-state index contributed by atoms with van der Waals surface area (Å²) in [7, 11) is 0. The molecule has 0 aromatic rings. The molecule has 0 spiro atoms. The van der Waals surface area contributed by atoms with Gasteiger partial charge in [-0.3, -0.25) is 14.4 Å². The minimum Gasteiger partial charge on any atom is -0.462 e. The second-order valence-electron chi connectivity index (χ2n) is 15.5. The van der Waals surface area contributed by atoms with Gasteiger partial charge in [0.1, 0.15) is 18.3 Å². The number of esters is 3. The van der Waals surface area contributed by atoms with E-state index in [0.29, 0.717) is 12.8 Å². The normalized spacial score (nSPS) is 28.3. The fourth-order valence-corrected chi connectivity index (χ4v) is 7.09. The topological polar surface area (TPSA) is 148 Å². The Bertz CT molecular complexity index is 933. The van der Waals surface area contributed by atoms with Gasteiger partial charge in [0.05, 0.1) is 6.42 Å². The van der Waals surface area contributed by atoms with Gasteiger partial charge in [0.25, 0.3) is 0 Å². The lowest BCUT2D eigenvalue weighted by atomic mass is 9.80. The molecule has 239 valence electrons. The molecule has 12 nitrogen and oxygen atoms in total. The van der Waals surface area contributed by atoms with Gasteiger partial charge in [0.2, 0.25) is 0 Å². The van der Waals surface area contributed by atoms with Crippen molar-refractivity contribution in [1.82, 2.24) is 15.2 Å². The number of carbonyl (C=O) groups is 3. The van der Waals surface area contributed by atoms with E-state index in [4.69, 9.17) is 14.2 Å². The summed E-state index contributed by atoms with van der Waals surface area (Å²) < 4.78 is 17.2. The van der Waals surface area contributed by atoms with Crippen LogP contribution in [0.15, 0.2) is 0 Å². The van der Waals surface area contributed by atoms with Crippen LogP contribution in [0.5, 0.6) is 0 Å². The predicted molar refractivity (Wildman–Crippen MR) is 148 cm³/mol. The van der Waals surface area contributed by atoms with Crippen molar-refractivity contribution in [3.8, 4) is 0 Å². The van der Waals surface area contributed by atoms with Crippen LogP contribution in [0, 0.1) is 5.92 Å². The molecule has 0 saturated carbocycles. The second-order valence-corrected chi connectivity index (χ2v) is 15.5. The predicted octanol–water partition coefficient (Wildman–Crippen LogP) is 3.95. The average Bonchev–Trinajstić information content (AvgIpc) is 2.80. The molecule has 0 amide bonds. The van der Waals surface area contributed by atoms with E-state index in [2.05, 4.69) is 0 Å². The van der Waals surface area contributed by atoms with E-state index < -0.39 is 76.3 Å². The number of hydrogen-bond acceptors (Lipinski definition) is 9. The molecule has 3 heterocycles. The van der Waals surface area contributed by atoms with Crippen molar-refractivity contribution in [1.29, 1.82) is 0 Å². The van der Waals surface area contributed by atoms with E-state index in [1.54, 1.807) is 69.2 Å². The zero-order valence-corrected chi connectivity index (χ0v) is 27.0. The summed E-state index contributed by atoms with van der Waals surface area (Å²) in [6.45, 7) is 17.9. The summed E-state index contributed by atoms with van der Waals surface area (Å²) in [5, 5.41) is 40.7. The van der Waals surface area contributed by atoms with E-state index in [1.807, 2.05) is 0 Å². The maximum absolute atomic E-state index is 13.5. The van der Waals surface area contributed by atoms with E-state index in [1.165, 1.54) is 0 Å². The fraction of sp³-hybridized carbons (Fsp3) is 0.900. The lowest BCUT2D eigenvalue weighted by Gasteiger charge is -2.49. The van der Waals surface area contributed by atoms with Crippen molar-refractivity contribution in [3.05, 3.63) is 0 Å². The summed E-state index contributed by atoms with van der Waals surface area (Å²) in [5.74, 6) is -4.18. The quantitative estimate of drug-likeness (QED) is 0.242. The van der Waals surface area contributed by atoms with Gasteiger partial charge in [0.15, 0.2) is 5.92 Å². The van der Waals surface area contributed by atoms with Gasteiger partial charge in [0, 0.05) is 66.3 Å². The van der Waals surface area contributed by atoms with Gasteiger partial charge in [-0.05, 0) is 75.7 Å². The molecule has 3 radical (unpaired) electrons. The van der Waals surface area contributed by atoms with Gasteiger partial charge in [-0.1, -0.05) is 0 Å². The Morgan fingerprint density at radius 1 is 0.595 bits per heavy atom. The molecule has 1 atom stereocenters. The molecule has 3 aliphatic heterocycles. The third kappa shape index (κ3) is 7.81. The largest absolute Gasteiger partial charge is 0.462 e.